The van der Waals surface area contributed by atoms with Gasteiger partial charge in [-0.1, -0.05) is 24.3 Å². The average molecular weight is 262 g/mol. The summed E-state index contributed by atoms with van der Waals surface area (Å²) in [5.74, 6) is 0. The van der Waals surface area contributed by atoms with Gasteiger partial charge in [-0.25, -0.2) is 0 Å². The van der Waals surface area contributed by atoms with Crippen molar-refractivity contribution in [2.45, 2.75) is 0 Å². The Morgan fingerprint density at radius 1 is 0.800 bits per heavy atom. The quantitative estimate of drug-likeness (QED) is 0.496. The maximum absolute atomic E-state index is 8.78. The van der Waals surface area contributed by atoms with Gasteiger partial charge in [0.2, 0.25) is 0 Å². The number of nitriles is 2. The number of benzene rings is 2. The molecule has 96 valence electrons. The van der Waals surface area contributed by atoms with Crippen LogP contribution in [-0.4, -0.2) is 0 Å². The zero-order valence-electron chi connectivity index (χ0n) is 10.4. The number of azo groups is 1. The molecule has 0 bridgehead atoms. The van der Waals surface area contributed by atoms with Crippen LogP contribution in [-0.2, 0) is 0 Å². The van der Waals surface area contributed by atoms with Crippen molar-refractivity contribution in [2.24, 2.45) is 10.2 Å². The number of nitrogens with one attached hydrogen (secondary N) is 2. The molecule has 0 aromatic heterocycles. The van der Waals surface area contributed by atoms with Crippen molar-refractivity contribution in [1.29, 1.82) is 10.5 Å². The Kier molecular flexibility index (Phi) is 4.26. The van der Waals surface area contributed by atoms with Crippen molar-refractivity contribution in [3.05, 3.63) is 48.5 Å². The minimum Gasteiger partial charge on any atom is -0.291 e. The van der Waals surface area contributed by atoms with Crippen LogP contribution in [0.3, 0.4) is 0 Å². The molecule has 0 heterocycles. The smallest absolute Gasteiger partial charge is 0.181 e. The lowest BCUT2D eigenvalue weighted by Gasteiger charge is -2.07. The Morgan fingerprint density at radius 3 is 2.25 bits per heavy atom. The second-order valence-electron chi connectivity index (χ2n) is 3.71. The molecule has 0 aliphatic heterocycles. The first-order chi connectivity index (χ1) is 9.85. The molecule has 0 atom stereocenters. The van der Waals surface area contributed by atoms with E-state index >= 15 is 0 Å². The molecule has 0 aliphatic carbocycles. The first-order valence-corrected chi connectivity index (χ1v) is 5.75. The van der Waals surface area contributed by atoms with Crippen LogP contribution in [0.4, 0.5) is 22.7 Å². The largest absolute Gasteiger partial charge is 0.291 e. The van der Waals surface area contributed by atoms with Crippen molar-refractivity contribution >= 4 is 22.7 Å². The van der Waals surface area contributed by atoms with Gasteiger partial charge >= 0.3 is 0 Å². The Balaban J connectivity index is 2.36. The molecule has 0 spiro atoms. The zero-order chi connectivity index (χ0) is 14.2. The predicted octanol–water partition coefficient (Wildman–Crippen LogP) is 3.89. The van der Waals surface area contributed by atoms with Crippen LogP contribution in [0.25, 0.3) is 0 Å². The highest BCUT2D eigenvalue weighted by Gasteiger charge is 2.07. The van der Waals surface area contributed by atoms with Gasteiger partial charge in [0.1, 0.15) is 5.69 Å². The minimum absolute atomic E-state index is 0.413. The van der Waals surface area contributed by atoms with E-state index in [1.54, 1.807) is 18.2 Å². The summed E-state index contributed by atoms with van der Waals surface area (Å²) in [6.07, 6.45) is 3.63. The third-order valence-electron chi connectivity index (χ3n) is 2.44. The molecule has 20 heavy (non-hydrogen) atoms. The Morgan fingerprint density at radius 2 is 1.55 bits per heavy atom. The van der Waals surface area contributed by atoms with E-state index in [9.17, 15) is 0 Å². The molecule has 6 nitrogen and oxygen atoms in total. The van der Waals surface area contributed by atoms with Crippen molar-refractivity contribution < 1.29 is 0 Å². The highest BCUT2D eigenvalue weighted by molar-refractivity contribution is 5.82. The van der Waals surface area contributed by atoms with Gasteiger partial charge < -0.3 is 0 Å². The van der Waals surface area contributed by atoms with Crippen LogP contribution in [0.1, 0.15) is 0 Å². The standard InChI is InChI=1S/C14H10N6/c15-9-17-12-7-4-8-13(14(12)18-10-16)20-19-11-5-2-1-3-6-11/h1-8,17-18H. The fourth-order valence-electron chi connectivity index (χ4n) is 1.58. The Hall–Kier alpha value is -3.38. The topological polar surface area (TPSA) is 96.4 Å². The molecular weight excluding hydrogens is 252 g/mol. The van der Waals surface area contributed by atoms with E-state index in [-0.39, 0.29) is 0 Å². The summed E-state index contributed by atoms with van der Waals surface area (Å²) in [4.78, 5) is 0. The van der Waals surface area contributed by atoms with E-state index in [0.29, 0.717) is 22.7 Å². The van der Waals surface area contributed by atoms with E-state index in [1.807, 2.05) is 42.7 Å². The van der Waals surface area contributed by atoms with E-state index in [2.05, 4.69) is 20.9 Å². The second-order valence-corrected chi connectivity index (χ2v) is 3.71. The monoisotopic (exact) mass is 262 g/mol. The lowest BCUT2D eigenvalue weighted by atomic mass is 10.2. The maximum Gasteiger partial charge on any atom is 0.181 e. The molecule has 0 fully saturated rings. The summed E-state index contributed by atoms with van der Waals surface area (Å²) in [7, 11) is 0. The van der Waals surface area contributed by atoms with E-state index in [4.69, 9.17) is 10.5 Å². The predicted molar refractivity (Wildman–Crippen MR) is 75.5 cm³/mol. The van der Waals surface area contributed by atoms with Crippen LogP contribution in [0.5, 0.6) is 0 Å². The normalized spacial score (nSPS) is 9.70. The summed E-state index contributed by atoms with van der Waals surface area (Å²) in [5.41, 5.74) is 2.06. The van der Waals surface area contributed by atoms with Crippen LogP contribution in [0.15, 0.2) is 58.8 Å². The second kappa shape index (κ2) is 6.53. The Bertz CT molecular complexity index is 694. The molecule has 0 unspecified atom stereocenters. The molecule has 0 saturated carbocycles. The molecule has 2 aromatic rings. The minimum atomic E-state index is 0.413. The summed E-state index contributed by atoms with van der Waals surface area (Å²) in [6.45, 7) is 0. The zero-order valence-corrected chi connectivity index (χ0v) is 10.4. The SMILES string of the molecule is N#CNc1cccc(N=Nc2ccccc2)c1NC#N. The van der Waals surface area contributed by atoms with Crippen molar-refractivity contribution in [2.75, 3.05) is 10.6 Å². The molecule has 0 aliphatic rings. The molecule has 0 amide bonds. The van der Waals surface area contributed by atoms with E-state index < -0.39 is 0 Å². The van der Waals surface area contributed by atoms with Gasteiger partial charge in [-0.3, -0.25) is 10.6 Å². The van der Waals surface area contributed by atoms with Gasteiger partial charge in [0.25, 0.3) is 0 Å². The third-order valence-corrected chi connectivity index (χ3v) is 2.44. The number of hydrogen-bond acceptors (Lipinski definition) is 6. The van der Waals surface area contributed by atoms with E-state index in [0.717, 1.165) is 0 Å². The maximum atomic E-state index is 8.78. The molecular formula is C14H10N6. The van der Waals surface area contributed by atoms with Gasteiger partial charge in [-0.15, -0.1) is 5.11 Å². The molecule has 2 aromatic carbocycles. The molecule has 2 rings (SSSR count). The molecule has 0 saturated heterocycles. The number of nitrogens with zero attached hydrogens (tertiary/aromatic N) is 4. The highest BCUT2D eigenvalue weighted by atomic mass is 15.1. The summed E-state index contributed by atoms with van der Waals surface area (Å²) in [6, 6.07) is 14.3. The van der Waals surface area contributed by atoms with Gasteiger partial charge in [0, 0.05) is 0 Å². The third kappa shape index (κ3) is 3.09. The molecule has 2 N–H and O–H groups in total. The van der Waals surface area contributed by atoms with Crippen LogP contribution >= 0.6 is 0 Å². The van der Waals surface area contributed by atoms with Crippen molar-refractivity contribution in [3.63, 3.8) is 0 Å². The summed E-state index contributed by atoms with van der Waals surface area (Å²) >= 11 is 0. The van der Waals surface area contributed by atoms with Gasteiger partial charge in [-0.05, 0) is 24.3 Å². The van der Waals surface area contributed by atoms with Crippen LogP contribution < -0.4 is 10.6 Å². The van der Waals surface area contributed by atoms with Crippen molar-refractivity contribution in [1.82, 2.24) is 0 Å². The summed E-state index contributed by atoms with van der Waals surface area (Å²) < 4.78 is 0. The van der Waals surface area contributed by atoms with Crippen LogP contribution in [0.2, 0.25) is 0 Å². The molecule has 0 radical (unpaired) electrons. The first kappa shape index (κ1) is 13.1. The number of hydrogen-bond donors (Lipinski definition) is 2. The highest BCUT2D eigenvalue weighted by Crippen LogP contribution is 2.33. The number of anilines is 2. The fraction of sp³-hybridized carbons (Fsp3) is 0. The fourth-order valence-corrected chi connectivity index (χ4v) is 1.58. The number of para-hydroxylation sites is 1. The van der Waals surface area contributed by atoms with Gasteiger partial charge in [0.05, 0.1) is 17.1 Å². The van der Waals surface area contributed by atoms with E-state index in [1.165, 1.54) is 0 Å². The molecule has 6 heteroatoms. The lowest BCUT2D eigenvalue weighted by Crippen LogP contribution is -1.95. The van der Waals surface area contributed by atoms with Gasteiger partial charge in [0.15, 0.2) is 12.4 Å². The Labute approximate surface area is 116 Å². The number of rotatable bonds is 4. The van der Waals surface area contributed by atoms with Crippen molar-refractivity contribution in [3.8, 4) is 12.4 Å². The van der Waals surface area contributed by atoms with Gasteiger partial charge in [-0.2, -0.15) is 15.6 Å². The van der Waals surface area contributed by atoms with Crippen LogP contribution in [0, 0.1) is 22.9 Å². The first-order valence-electron chi connectivity index (χ1n) is 5.75. The lowest BCUT2D eigenvalue weighted by molar-refractivity contribution is 1.23. The average Bonchev–Trinajstić information content (AvgIpc) is 2.49. The summed E-state index contributed by atoms with van der Waals surface area (Å²) in [5, 5.41) is 30.6.